The number of hydrogen-bond acceptors (Lipinski definition) is 5. The van der Waals surface area contributed by atoms with Crippen LogP contribution in [0.4, 0.5) is 10.7 Å². The van der Waals surface area contributed by atoms with Crippen molar-refractivity contribution in [2.45, 2.75) is 20.0 Å². The van der Waals surface area contributed by atoms with E-state index in [9.17, 15) is 9.90 Å². The lowest BCUT2D eigenvalue weighted by Crippen LogP contribution is -2.28. The Balaban J connectivity index is 2.07. The smallest absolute Gasteiger partial charge is 0.321 e. The zero-order valence-electron chi connectivity index (χ0n) is 13.4. The average molecular weight is 326 g/mol. The first kappa shape index (κ1) is 15.9. The topological polar surface area (TPSA) is 104 Å². The van der Waals surface area contributed by atoms with Crippen LogP contribution in [0.15, 0.2) is 36.7 Å². The van der Waals surface area contributed by atoms with Crippen molar-refractivity contribution in [3.8, 4) is 11.1 Å². The van der Waals surface area contributed by atoms with Crippen molar-refractivity contribution in [3.63, 3.8) is 0 Å². The number of amides is 2. The summed E-state index contributed by atoms with van der Waals surface area (Å²) in [7, 11) is 0. The monoisotopic (exact) mass is 326 g/mol. The van der Waals surface area contributed by atoms with E-state index >= 15 is 0 Å². The lowest BCUT2D eigenvalue weighted by Gasteiger charge is -2.10. The molecule has 3 N–H and O–H groups in total. The fourth-order valence-corrected chi connectivity index (χ4v) is 2.37. The number of urea groups is 1. The number of aliphatic hydroxyl groups is 1. The molecule has 0 saturated heterocycles. The van der Waals surface area contributed by atoms with Gasteiger partial charge >= 0.3 is 6.03 Å². The fraction of sp³-hybridized carbons (Fsp3) is 0.250. The number of pyridine rings is 2. The number of nitrogens with one attached hydrogen (secondary N) is 2. The molecule has 2 amide bonds. The number of aromatic nitrogens is 4. The normalized spacial score (nSPS) is 12.1. The van der Waals surface area contributed by atoms with Gasteiger partial charge in [-0.15, -0.1) is 5.10 Å². The molecule has 0 aliphatic heterocycles. The van der Waals surface area contributed by atoms with Crippen LogP contribution in [0, 0.1) is 0 Å². The molecule has 0 aliphatic carbocycles. The Labute approximate surface area is 138 Å². The van der Waals surface area contributed by atoms with Crippen molar-refractivity contribution >= 4 is 17.6 Å². The molecule has 1 unspecified atom stereocenters. The Morgan fingerprint density at radius 3 is 2.88 bits per heavy atom. The molecule has 0 bridgehead atoms. The van der Waals surface area contributed by atoms with Crippen LogP contribution in [-0.2, 0) is 0 Å². The summed E-state index contributed by atoms with van der Waals surface area (Å²) in [6.07, 6.45) is 2.69. The number of rotatable bonds is 4. The lowest BCUT2D eigenvalue weighted by molar-refractivity contribution is 0.191. The number of nitrogens with zero attached hydrogens (tertiary/aromatic N) is 4. The van der Waals surface area contributed by atoms with Crippen molar-refractivity contribution in [1.82, 2.24) is 24.9 Å². The second kappa shape index (κ2) is 6.63. The van der Waals surface area contributed by atoms with Crippen LogP contribution in [0.2, 0.25) is 0 Å². The van der Waals surface area contributed by atoms with Gasteiger partial charge in [0.1, 0.15) is 0 Å². The third kappa shape index (κ3) is 3.18. The zero-order chi connectivity index (χ0) is 17.1. The maximum Gasteiger partial charge on any atom is 0.321 e. The first-order valence-corrected chi connectivity index (χ1v) is 7.62. The Hall–Kier alpha value is -3.00. The van der Waals surface area contributed by atoms with Crippen molar-refractivity contribution in [3.05, 3.63) is 42.4 Å². The summed E-state index contributed by atoms with van der Waals surface area (Å²) in [6, 6.07) is 7.06. The second-order valence-corrected chi connectivity index (χ2v) is 5.28. The van der Waals surface area contributed by atoms with E-state index in [1.54, 1.807) is 19.3 Å². The first-order chi connectivity index (χ1) is 11.6. The quantitative estimate of drug-likeness (QED) is 0.680. The highest BCUT2D eigenvalue weighted by molar-refractivity contribution is 5.87. The summed E-state index contributed by atoms with van der Waals surface area (Å²) in [5, 5.41) is 19.5. The summed E-state index contributed by atoms with van der Waals surface area (Å²) in [5.74, 6) is 0.172. The van der Waals surface area contributed by atoms with Gasteiger partial charge < -0.3 is 10.4 Å². The molecule has 0 spiro atoms. The molecule has 8 heteroatoms. The van der Waals surface area contributed by atoms with E-state index in [1.165, 1.54) is 4.52 Å². The molecule has 3 heterocycles. The third-order valence-corrected chi connectivity index (χ3v) is 3.45. The van der Waals surface area contributed by atoms with Gasteiger partial charge in [0, 0.05) is 24.5 Å². The van der Waals surface area contributed by atoms with Crippen LogP contribution in [0.1, 0.15) is 25.6 Å². The highest BCUT2D eigenvalue weighted by Crippen LogP contribution is 2.25. The fourth-order valence-electron chi connectivity index (χ4n) is 2.37. The minimum Gasteiger partial charge on any atom is -0.387 e. The minimum absolute atomic E-state index is 0.172. The van der Waals surface area contributed by atoms with Gasteiger partial charge in [0.05, 0.1) is 11.8 Å². The highest BCUT2D eigenvalue weighted by atomic mass is 16.3. The van der Waals surface area contributed by atoms with Gasteiger partial charge in [0.15, 0.2) is 5.65 Å². The maximum absolute atomic E-state index is 11.6. The summed E-state index contributed by atoms with van der Waals surface area (Å²) >= 11 is 0. The number of aliphatic hydroxyl groups excluding tert-OH is 1. The Morgan fingerprint density at radius 2 is 2.21 bits per heavy atom. The molecule has 8 nitrogen and oxygen atoms in total. The zero-order valence-corrected chi connectivity index (χ0v) is 13.4. The molecular formula is C16H18N6O2. The summed E-state index contributed by atoms with van der Waals surface area (Å²) in [5.41, 5.74) is 2.87. The van der Waals surface area contributed by atoms with Crippen molar-refractivity contribution in [2.75, 3.05) is 11.9 Å². The molecule has 0 aliphatic rings. The Kier molecular flexibility index (Phi) is 4.39. The van der Waals surface area contributed by atoms with Crippen LogP contribution in [-0.4, -0.2) is 37.3 Å². The van der Waals surface area contributed by atoms with Crippen LogP contribution in [0.25, 0.3) is 16.8 Å². The van der Waals surface area contributed by atoms with E-state index in [0.717, 1.165) is 11.1 Å². The Bertz CT molecular complexity index is 860. The average Bonchev–Trinajstić information content (AvgIpc) is 2.96. The van der Waals surface area contributed by atoms with E-state index in [1.807, 2.05) is 31.2 Å². The molecule has 3 aromatic heterocycles. The van der Waals surface area contributed by atoms with Crippen LogP contribution in [0.3, 0.4) is 0 Å². The predicted octanol–water partition coefficient (Wildman–Crippen LogP) is 1.99. The largest absolute Gasteiger partial charge is 0.387 e. The number of carbonyl (C=O) groups is 1. The molecule has 124 valence electrons. The van der Waals surface area contributed by atoms with Crippen molar-refractivity contribution in [1.29, 1.82) is 0 Å². The van der Waals surface area contributed by atoms with E-state index in [0.29, 0.717) is 17.9 Å². The van der Waals surface area contributed by atoms with Gasteiger partial charge in [-0.25, -0.2) is 9.31 Å². The minimum atomic E-state index is -0.747. The van der Waals surface area contributed by atoms with E-state index < -0.39 is 6.10 Å². The van der Waals surface area contributed by atoms with Gasteiger partial charge in [0.2, 0.25) is 0 Å². The van der Waals surface area contributed by atoms with Crippen LogP contribution < -0.4 is 10.6 Å². The lowest BCUT2D eigenvalue weighted by atomic mass is 10.1. The molecule has 24 heavy (non-hydrogen) atoms. The van der Waals surface area contributed by atoms with Crippen LogP contribution >= 0.6 is 0 Å². The van der Waals surface area contributed by atoms with E-state index in [4.69, 9.17) is 0 Å². The van der Waals surface area contributed by atoms with Gasteiger partial charge in [0.25, 0.3) is 5.95 Å². The number of anilines is 1. The van der Waals surface area contributed by atoms with Gasteiger partial charge in [-0.3, -0.25) is 10.3 Å². The molecule has 0 fully saturated rings. The number of carbonyl (C=O) groups excluding carboxylic acids is 1. The van der Waals surface area contributed by atoms with E-state index in [-0.39, 0.29) is 12.0 Å². The standard InChI is InChI=1S/C16H18N6O2/c1-3-18-16(24)20-15-19-14-8-12(11-5-4-6-17-9-11)7-13(10(2)23)22(14)21-15/h4-10,23H,3H2,1-2H3,(H2,18,20,21,24). The SMILES string of the molecule is CCNC(=O)Nc1nc2cc(-c3cccnc3)cc(C(C)O)n2n1. The number of hydrogen-bond donors (Lipinski definition) is 3. The van der Waals surface area contributed by atoms with Crippen LogP contribution in [0.5, 0.6) is 0 Å². The summed E-state index contributed by atoms with van der Waals surface area (Å²) in [4.78, 5) is 20.0. The van der Waals surface area contributed by atoms with Gasteiger partial charge in [-0.2, -0.15) is 4.98 Å². The highest BCUT2D eigenvalue weighted by Gasteiger charge is 2.15. The molecule has 3 rings (SSSR count). The molecule has 0 radical (unpaired) electrons. The van der Waals surface area contributed by atoms with Gasteiger partial charge in [-0.1, -0.05) is 6.07 Å². The predicted molar refractivity (Wildman–Crippen MR) is 89.5 cm³/mol. The molecule has 0 saturated carbocycles. The Morgan fingerprint density at radius 1 is 1.38 bits per heavy atom. The molecule has 0 aromatic carbocycles. The number of fused-ring (bicyclic) bond motifs is 1. The molecule has 1 atom stereocenters. The second-order valence-electron chi connectivity index (χ2n) is 5.28. The molecule has 3 aromatic rings. The third-order valence-electron chi connectivity index (χ3n) is 3.45. The summed E-state index contributed by atoms with van der Waals surface area (Å²) in [6.45, 7) is 3.98. The summed E-state index contributed by atoms with van der Waals surface area (Å²) < 4.78 is 1.52. The van der Waals surface area contributed by atoms with Gasteiger partial charge in [-0.05, 0) is 37.6 Å². The van der Waals surface area contributed by atoms with E-state index in [2.05, 4.69) is 25.7 Å². The van der Waals surface area contributed by atoms with Crippen molar-refractivity contribution < 1.29 is 9.90 Å². The van der Waals surface area contributed by atoms with Crippen molar-refractivity contribution in [2.24, 2.45) is 0 Å². The molecular weight excluding hydrogens is 308 g/mol. The maximum atomic E-state index is 11.6. The first-order valence-electron chi connectivity index (χ1n) is 7.62.